The summed E-state index contributed by atoms with van der Waals surface area (Å²) in [6, 6.07) is 14.0. The molecule has 0 spiro atoms. The lowest BCUT2D eigenvalue weighted by Crippen LogP contribution is -2.50. The highest BCUT2D eigenvalue weighted by Crippen LogP contribution is 2.37. The number of fused-ring (bicyclic) bond motifs is 1. The topological polar surface area (TPSA) is 109 Å². The molecule has 1 saturated heterocycles. The van der Waals surface area contributed by atoms with E-state index in [4.69, 9.17) is 10.5 Å². The number of amides is 1. The van der Waals surface area contributed by atoms with E-state index in [0.717, 1.165) is 17.3 Å². The molecule has 4 aromatic rings. The van der Waals surface area contributed by atoms with Crippen molar-refractivity contribution in [3.8, 4) is 17.0 Å². The molecule has 2 aromatic carbocycles. The number of ether oxygens (including phenoxy) is 1. The second-order valence-corrected chi connectivity index (χ2v) is 9.93. The minimum absolute atomic E-state index is 0.00642. The molecular weight excluding hydrogens is 537 g/mol. The van der Waals surface area contributed by atoms with Crippen molar-refractivity contribution >= 4 is 11.6 Å². The Morgan fingerprint density at radius 1 is 1.12 bits per heavy atom. The molecule has 1 aliphatic rings. The van der Waals surface area contributed by atoms with Gasteiger partial charge in [0.05, 0.1) is 31.6 Å². The van der Waals surface area contributed by atoms with Crippen LogP contribution >= 0.6 is 0 Å². The van der Waals surface area contributed by atoms with Crippen molar-refractivity contribution in [2.45, 2.75) is 25.7 Å². The van der Waals surface area contributed by atoms with Crippen LogP contribution in [-0.2, 0) is 12.7 Å². The summed E-state index contributed by atoms with van der Waals surface area (Å²) in [6.07, 6.45) is -3.58. The highest BCUT2D eigenvalue weighted by molar-refractivity contribution is 6.00. The van der Waals surface area contributed by atoms with Crippen LogP contribution in [0.4, 0.5) is 13.2 Å². The second-order valence-electron chi connectivity index (χ2n) is 9.93. The van der Waals surface area contributed by atoms with Crippen LogP contribution in [0.2, 0.25) is 0 Å². The number of piperazine rings is 1. The Morgan fingerprint density at radius 2 is 1.83 bits per heavy atom. The van der Waals surface area contributed by atoms with Gasteiger partial charge in [0.25, 0.3) is 5.91 Å². The van der Waals surface area contributed by atoms with Crippen LogP contribution in [-0.4, -0.2) is 75.3 Å². The molecule has 9 nitrogen and oxygen atoms in total. The molecule has 1 amide bonds. The number of halogens is 3. The molecule has 41 heavy (non-hydrogen) atoms. The normalized spacial score (nSPS) is 15.3. The molecule has 2 aromatic heterocycles. The maximum Gasteiger partial charge on any atom is 0.433 e. The zero-order chi connectivity index (χ0) is 29.3. The van der Waals surface area contributed by atoms with Crippen LogP contribution in [0.25, 0.3) is 16.9 Å². The van der Waals surface area contributed by atoms with Crippen molar-refractivity contribution in [3.05, 3.63) is 82.7 Å². The number of nitrogens with zero attached hydrogens (tertiary/aromatic N) is 5. The van der Waals surface area contributed by atoms with Crippen LogP contribution < -0.4 is 10.5 Å². The summed E-state index contributed by atoms with van der Waals surface area (Å²) in [4.78, 5) is 21.8. The van der Waals surface area contributed by atoms with Gasteiger partial charge in [-0.3, -0.25) is 9.69 Å². The molecule has 12 heteroatoms. The average molecular weight is 569 g/mol. The molecule has 3 N–H and O–H groups in total. The van der Waals surface area contributed by atoms with Gasteiger partial charge in [-0.1, -0.05) is 24.3 Å². The second kappa shape index (κ2) is 11.5. The summed E-state index contributed by atoms with van der Waals surface area (Å²) < 4.78 is 48.7. The number of aromatic nitrogens is 3. The first kappa shape index (κ1) is 28.5. The fourth-order valence-corrected chi connectivity index (χ4v) is 5.35. The molecule has 1 aliphatic heterocycles. The summed E-state index contributed by atoms with van der Waals surface area (Å²) in [5.41, 5.74) is 6.98. The predicted octanol–water partition coefficient (Wildman–Crippen LogP) is 3.68. The van der Waals surface area contributed by atoms with Gasteiger partial charge in [-0.25, -0.2) is 9.50 Å². The fourth-order valence-electron chi connectivity index (χ4n) is 5.35. The van der Waals surface area contributed by atoms with E-state index in [1.54, 1.807) is 29.2 Å². The fraction of sp³-hybridized carbons (Fsp3) is 0.345. The third-order valence-corrected chi connectivity index (χ3v) is 7.53. The number of carbonyl (C=O) groups is 1. The molecule has 1 fully saturated rings. The molecule has 3 heterocycles. The van der Waals surface area contributed by atoms with Crippen molar-refractivity contribution in [1.29, 1.82) is 0 Å². The number of benzene rings is 2. The Balaban J connectivity index is 1.44. The Kier molecular flexibility index (Phi) is 7.98. The summed E-state index contributed by atoms with van der Waals surface area (Å²) in [6.45, 7) is 3.23. The SMILES string of the molecule is COc1ccc(-c2nc3c(C(=O)N4CCN([C@@H](CO)c5cccc(CN)c5)CC4)cnn3c(C(F)(F)F)c2C)cc1. The molecule has 216 valence electrons. The molecule has 5 rings (SSSR count). The summed E-state index contributed by atoms with van der Waals surface area (Å²) >= 11 is 0. The highest BCUT2D eigenvalue weighted by atomic mass is 19.4. The van der Waals surface area contributed by atoms with Crippen molar-refractivity contribution in [1.82, 2.24) is 24.4 Å². The highest BCUT2D eigenvalue weighted by Gasteiger charge is 2.39. The minimum atomic E-state index is -4.73. The largest absolute Gasteiger partial charge is 0.497 e. The van der Waals surface area contributed by atoms with Gasteiger partial charge in [-0.05, 0) is 42.3 Å². The van der Waals surface area contributed by atoms with E-state index in [-0.39, 0.29) is 35.1 Å². The van der Waals surface area contributed by atoms with E-state index in [9.17, 15) is 23.1 Å². The standard InChI is InChI=1S/C29H31F3N6O3/c1-18-25(20-6-8-22(41-2)9-7-20)35-27-23(16-34-38(27)26(18)29(30,31)32)28(40)37-12-10-36(11-13-37)24(17-39)21-5-3-4-19(14-21)15-33/h3-9,14,16,24,39H,10-13,15,17,33H2,1-2H3/t24-/m0/s1. The number of carbonyl (C=O) groups excluding carboxylic acids is 1. The maximum absolute atomic E-state index is 14.3. The van der Waals surface area contributed by atoms with E-state index in [2.05, 4.69) is 15.0 Å². The maximum atomic E-state index is 14.3. The van der Waals surface area contributed by atoms with Crippen molar-refractivity contribution in [2.24, 2.45) is 5.73 Å². The Morgan fingerprint density at radius 3 is 2.44 bits per heavy atom. The number of rotatable bonds is 7. The minimum Gasteiger partial charge on any atom is -0.497 e. The number of hydrogen-bond donors (Lipinski definition) is 2. The third kappa shape index (κ3) is 5.50. The van der Waals surface area contributed by atoms with Gasteiger partial charge in [0.1, 0.15) is 11.3 Å². The number of hydrogen-bond acceptors (Lipinski definition) is 7. The Hall–Kier alpha value is -4.00. The van der Waals surface area contributed by atoms with Crippen molar-refractivity contribution in [2.75, 3.05) is 39.9 Å². The molecule has 1 atom stereocenters. The summed E-state index contributed by atoms with van der Waals surface area (Å²) in [7, 11) is 1.50. The van der Waals surface area contributed by atoms with E-state index in [1.165, 1.54) is 14.0 Å². The van der Waals surface area contributed by atoms with Crippen molar-refractivity contribution in [3.63, 3.8) is 0 Å². The van der Waals surface area contributed by atoms with Crippen LogP contribution in [0.15, 0.2) is 54.7 Å². The zero-order valence-corrected chi connectivity index (χ0v) is 22.7. The first-order chi connectivity index (χ1) is 19.7. The lowest BCUT2D eigenvalue weighted by molar-refractivity contribution is -0.143. The van der Waals surface area contributed by atoms with Gasteiger partial charge in [-0.2, -0.15) is 18.3 Å². The quantitative estimate of drug-likeness (QED) is 0.350. The van der Waals surface area contributed by atoms with E-state index < -0.39 is 17.8 Å². The Bertz CT molecular complexity index is 1550. The number of methoxy groups -OCH3 is 1. The summed E-state index contributed by atoms with van der Waals surface area (Å²) in [5, 5.41) is 14.1. The van der Waals surface area contributed by atoms with Gasteiger partial charge in [0.15, 0.2) is 11.3 Å². The molecule has 0 saturated carbocycles. The van der Waals surface area contributed by atoms with Crippen LogP contribution in [0.5, 0.6) is 5.75 Å². The van der Waals surface area contributed by atoms with E-state index in [1.807, 2.05) is 24.3 Å². The molecule has 0 bridgehead atoms. The smallest absolute Gasteiger partial charge is 0.433 e. The van der Waals surface area contributed by atoms with Gasteiger partial charge in [0, 0.05) is 43.9 Å². The van der Waals surface area contributed by atoms with Crippen molar-refractivity contribution < 1.29 is 27.8 Å². The predicted molar refractivity (Wildman–Crippen MR) is 146 cm³/mol. The third-order valence-electron chi connectivity index (χ3n) is 7.53. The van der Waals surface area contributed by atoms with Gasteiger partial charge in [-0.15, -0.1) is 0 Å². The Labute approximate surface area is 235 Å². The first-order valence-electron chi connectivity index (χ1n) is 13.2. The monoisotopic (exact) mass is 568 g/mol. The zero-order valence-electron chi connectivity index (χ0n) is 22.7. The van der Waals surface area contributed by atoms with Gasteiger partial charge >= 0.3 is 6.18 Å². The lowest BCUT2D eigenvalue weighted by atomic mass is 10.0. The molecule has 0 aliphatic carbocycles. The van der Waals surface area contributed by atoms with E-state index in [0.29, 0.717) is 48.6 Å². The first-order valence-corrected chi connectivity index (χ1v) is 13.2. The number of nitrogens with two attached hydrogens (primary N) is 1. The summed E-state index contributed by atoms with van der Waals surface area (Å²) in [5.74, 6) is 0.105. The van der Waals surface area contributed by atoms with Gasteiger partial charge < -0.3 is 20.5 Å². The van der Waals surface area contributed by atoms with Gasteiger partial charge in [0.2, 0.25) is 0 Å². The number of alkyl halides is 3. The molecule has 0 radical (unpaired) electrons. The van der Waals surface area contributed by atoms with Crippen LogP contribution in [0.1, 0.15) is 38.8 Å². The average Bonchev–Trinajstić information content (AvgIpc) is 3.39. The number of aliphatic hydroxyl groups excluding tert-OH is 1. The van der Waals surface area contributed by atoms with Crippen LogP contribution in [0, 0.1) is 6.92 Å². The lowest BCUT2D eigenvalue weighted by Gasteiger charge is -2.38. The van der Waals surface area contributed by atoms with E-state index >= 15 is 0 Å². The molecule has 0 unspecified atom stereocenters. The number of aliphatic hydroxyl groups is 1. The molecular formula is C29H31F3N6O3. The van der Waals surface area contributed by atoms with Crippen LogP contribution in [0.3, 0.4) is 0 Å².